The fourth-order valence-corrected chi connectivity index (χ4v) is 2.50. The molecule has 0 N–H and O–H groups in total. The van der Waals surface area contributed by atoms with E-state index in [0.29, 0.717) is 5.82 Å². The Balaban J connectivity index is 1.66. The summed E-state index contributed by atoms with van der Waals surface area (Å²) in [5.41, 5.74) is 1.97. The standard InChI is InChI=1S/C19H15N3O2/c1-23-15-9-6-14(7-10-15)8-11-18-20-19-16-4-2-3-5-17(16)24-13-12-22(19)21-18/h2-13H,1H3. The minimum Gasteiger partial charge on any atom is -0.497 e. The second-order valence-electron chi connectivity index (χ2n) is 5.24. The van der Waals surface area contributed by atoms with E-state index in [-0.39, 0.29) is 0 Å². The van der Waals surface area contributed by atoms with Gasteiger partial charge < -0.3 is 9.47 Å². The Labute approximate surface area is 139 Å². The molecule has 5 nitrogen and oxygen atoms in total. The number of hydrogen-bond donors (Lipinski definition) is 0. The average Bonchev–Trinajstić information content (AvgIpc) is 2.96. The molecule has 0 saturated carbocycles. The second kappa shape index (κ2) is 6.04. The molecule has 1 aliphatic heterocycles. The van der Waals surface area contributed by atoms with E-state index >= 15 is 0 Å². The first-order valence-corrected chi connectivity index (χ1v) is 7.55. The lowest BCUT2D eigenvalue weighted by Crippen LogP contribution is -1.91. The molecule has 1 aliphatic rings. The van der Waals surface area contributed by atoms with Crippen molar-refractivity contribution < 1.29 is 9.47 Å². The highest BCUT2D eigenvalue weighted by Crippen LogP contribution is 2.31. The van der Waals surface area contributed by atoms with Crippen LogP contribution in [0.5, 0.6) is 11.5 Å². The summed E-state index contributed by atoms with van der Waals surface area (Å²) in [7, 11) is 1.65. The molecule has 24 heavy (non-hydrogen) atoms. The van der Waals surface area contributed by atoms with Gasteiger partial charge in [0.2, 0.25) is 0 Å². The third-order valence-corrected chi connectivity index (χ3v) is 3.71. The molecule has 2 heterocycles. The molecule has 3 aromatic rings. The first kappa shape index (κ1) is 14.3. The van der Waals surface area contributed by atoms with Gasteiger partial charge in [-0.05, 0) is 35.9 Å². The molecular formula is C19H15N3O2. The van der Waals surface area contributed by atoms with Crippen LogP contribution in [0.15, 0.2) is 54.8 Å². The number of nitrogens with zero attached hydrogens (tertiary/aromatic N) is 3. The van der Waals surface area contributed by atoms with E-state index in [1.807, 2.05) is 60.7 Å². The van der Waals surface area contributed by atoms with Crippen molar-refractivity contribution in [2.75, 3.05) is 7.11 Å². The van der Waals surface area contributed by atoms with Crippen molar-refractivity contribution in [1.82, 2.24) is 14.8 Å². The fraction of sp³-hybridized carbons (Fsp3) is 0.0526. The normalized spacial score (nSPS) is 12.4. The van der Waals surface area contributed by atoms with Crippen molar-refractivity contribution in [2.45, 2.75) is 0 Å². The van der Waals surface area contributed by atoms with Gasteiger partial charge in [0, 0.05) is 0 Å². The highest BCUT2D eigenvalue weighted by Gasteiger charge is 2.15. The second-order valence-corrected chi connectivity index (χ2v) is 5.24. The van der Waals surface area contributed by atoms with Gasteiger partial charge in [-0.3, -0.25) is 0 Å². The Morgan fingerprint density at radius 2 is 1.88 bits per heavy atom. The number of methoxy groups -OCH3 is 1. The van der Waals surface area contributed by atoms with Gasteiger partial charge in [0.1, 0.15) is 17.8 Å². The first-order chi connectivity index (χ1) is 11.8. The Morgan fingerprint density at radius 3 is 2.71 bits per heavy atom. The summed E-state index contributed by atoms with van der Waals surface area (Å²) in [5.74, 6) is 3.00. The SMILES string of the molecule is COc1ccc(C=Cc2nc3n(n2)C=COc2ccccc2-3)cc1. The minimum atomic E-state index is 0.641. The maximum Gasteiger partial charge on any atom is 0.175 e. The van der Waals surface area contributed by atoms with E-state index in [4.69, 9.17) is 9.47 Å². The zero-order valence-corrected chi connectivity index (χ0v) is 13.1. The molecule has 0 atom stereocenters. The van der Waals surface area contributed by atoms with E-state index in [0.717, 1.165) is 28.5 Å². The summed E-state index contributed by atoms with van der Waals surface area (Å²) < 4.78 is 12.5. The number of rotatable bonds is 3. The van der Waals surface area contributed by atoms with Crippen molar-refractivity contribution in [2.24, 2.45) is 0 Å². The molecule has 0 saturated heterocycles. The quantitative estimate of drug-likeness (QED) is 0.734. The lowest BCUT2D eigenvalue weighted by molar-refractivity contribution is 0.415. The Bertz CT molecular complexity index is 924. The maximum atomic E-state index is 5.57. The molecule has 118 valence electrons. The van der Waals surface area contributed by atoms with Crippen LogP contribution in [0.2, 0.25) is 0 Å². The van der Waals surface area contributed by atoms with Crippen LogP contribution in [0.25, 0.3) is 29.7 Å². The van der Waals surface area contributed by atoms with Gasteiger partial charge >= 0.3 is 0 Å². The molecule has 1 aromatic heterocycles. The zero-order valence-electron chi connectivity index (χ0n) is 13.1. The summed E-state index contributed by atoms with van der Waals surface area (Å²) in [5, 5.41) is 4.49. The maximum absolute atomic E-state index is 5.57. The number of para-hydroxylation sites is 1. The number of hydrogen-bond acceptors (Lipinski definition) is 4. The van der Waals surface area contributed by atoms with Crippen molar-refractivity contribution >= 4 is 18.4 Å². The van der Waals surface area contributed by atoms with Gasteiger partial charge in [-0.25, -0.2) is 9.67 Å². The number of aromatic nitrogens is 3. The highest BCUT2D eigenvalue weighted by atomic mass is 16.5. The van der Waals surface area contributed by atoms with Crippen LogP contribution in [0.4, 0.5) is 0 Å². The third-order valence-electron chi connectivity index (χ3n) is 3.71. The molecule has 0 aliphatic carbocycles. The predicted octanol–water partition coefficient (Wildman–Crippen LogP) is 3.94. The monoisotopic (exact) mass is 317 g/mol. The van der Waals surface area contributed by atoms with E-state index in [1.54, 1.807) is 24.3 Å². The highest BCUT2D eigenvalue weighted by molar-refractivity contribution is 5.71. The Kier molecular flexibility index (Phi) is 3.59. The van der Waals surface area contributed by atoms with Gasteiger partial charge in [0.05, 0.1) is 18.9 Å². The Morgan fingerprint density at radius 1 is 1.04 bits per heavy atom. The lowest BCUT2D eigenvalue weighted by atomic mass is 10.2. The molecule has 4 rings (SSSR count). The smallest absolute Gasteiger partial charge is 0.175 e. The number of ether oxygens (including phenoxy) is 2. The summed E-state index contributed by atoms with van der Waals surface area (Å²) in [6, 6.07) is 15.6. The fourth-order valence-electron chi connectivity index (χ4n) is 2.50. The topological polar surface area (TPSA) is 49.2 Å². The molecule has 0 radical (unpaired) electrons. The largest absolute Gasteiger partial charge is 0.497 e. The average molecular weight is 317 g/mol. The summed E-state index contributed by atoms with van der Waals surface area (Å²) in [6.45, 7) is 0. The molecule has 2 aromatic carbocycles. The first-order valence-electron chi connectivity index (χ1n) is 7.55. The van der Waals surface area contributed by atoms with Crippen molar-refractivity contribution in [3.63, 3.8) is 0 Å². The molecule has 0 bridgehead atoms. The van der Waals surface area contributed by atoms with Gasteiger partial charge in [-0.2, -0.15) is 0 Å². The van der Waals surface area contributed by atoms with Crippen LogP contribution in [-0.2, 0) is 0 Å². The lowest BCUT2D eigenvalue weighted by Gasteiger charge is -2.02. The van der Waals surface area contributed by atoms with Crippen LogP contribution in [0, 0.1) is 0 Å². The van der Waals surface area contributed by atoms with Crippen LogP contribution in [-0.4, -0.2) is 21.9 Å². The summed E-state index contributed by atoms with van der Waals surface area (Å²) in [6.07, 6.45) is 7.23. The van der Waals surface area contributed by atoms with Gasteiger partial charge in [-0.15, -0.1) is 5.10 Å². The van der Waals surface area contributed by atoms with E-state index < -0.39 is 0 Å². The molecular weight excluding hydrogens is 302 g/mol. The molecule has 5 heteroatoms. The number of benzene rings is 2. The van der Waals surface area contributed by atoms with E-state index in [1.165, 1.54) is 0 Å². The third kappa shape index (κ3) is 2.67. The van der Waals surface area contributed by atoms with Crippen LogP contribution >= 0.6 is 0 Å². The Hall–Kier alpha value is -3.34. The van der Waals surface area contributed by atoms with Gasteiger partial charge in [0.15, 0.2) is 11.6 Å². The predicted molar refractivity (Wildman–Crippen MR) is 93.3 cm³/mol. The molecule has 0 spiro atoms. The van der Waals surface area contributed by atoms with Crippen LogP contribution < -0.4 is 9.47 Å². The number of fused-ring (bicyclic) bond motifs is 3. The van der Waals surface area contributed by atoms with Crippen LogP contribution in [0.3, 0.4) is 0 Å². The molecule has 0 unspecified atom stereocenters. The summed E-state index contributed by atoms with van der Waals surface area (Å²) in [4.78, 5) is 4.61. The molecule has 0 amide bonds. The molecule has 0 fully saturated rings. The van der Waals surface area contributed by atoms with Crippen molar-refractivity contribution in [3.05, 3.63) is 66.2 Å². The van der Waals surface area contributed by atoms with Crippen LogP contribution in [0.1, 0.15) is 11.4 Å². The van der Waals surface area contributed by atoms with E-state index in [2.05, 4.69) is 10.1 Å². The zero-order chi connectivity index (χ0) is 16.4. The van der Waals surface area contributed by atoms with Gasteiger partial charge in [0.25, 0.3) is 0 Å². The van der Waals surface area contributed by atoms with E-state index in [9.17, 15) is 0 Å². The minimum absolute atomic E-state index is 0.641. The summed E-state index contributed by atoms with van der Waals surface area (Å²) >= 11 is 0. The van der Waals surface area contributed by atoms with Crippen molar-refractivity contribution in [3.8, 4) is 22.9 Å². The van der Waals surface area contributed by atoms with Crippen molar-refractivity contribution in [1.29, 1.82) is 0 Å². The van der Waals surface area contributed by atoms with Gasteiger partial charge in [-0.1, -0.05) is 30.3 Å².